The zero-order chi connectivity index (χ0) is 18.5. The Balaban J connectivity index is 1.75. The van der Waals surface area contributed by atoms with Crippen LogP contribution < -0.4 is 10.1 Å². The topological polar surface area (TPSA) is 21.3 Å². The van der Waals surface area contributed by atoms with Crippen molar-refractivity contribution < 1.29 is 4.74 Å². The van der Waals surface area contributed by atoms with E-state index in [-0.39, 0.29) is 0 Å². The van der Waals surface area contributed by atoms with E-state index in [9.17, 15) is 0 Å². The van der Waals surface area contributed by atoms with Crippen molar-refractivity contribution >= 4 is 33.2 Å². The van der Waals surface area contributed by atoms with E-state index in [4.69, 9.17) is 16.3 Å². The molecule has 0 amide bonds. The lowest BCUT2D eigenvalue weighted by molar-refractivity contribution is 0.303. The summed E-state index contributed by atoms with van der Waals surface area (Å²) in [5, 5.41) is 4.24. The molecule has 0 atom stereocenters. The number of anilines is 1. The van der Waals surface area contributed by atoms with Gasteiger partial charge in [-0.1, -0.05) is 57.9 Å². The summed E-state index contributed by atoms with van der Waals surface area (Å²) in [5.74, 6) is 0.853. The molecule has 0 heterocycles. The minimum atomic E-state index is 0.442. The van der Waals surface area contributed by atoms with Gasteiger partial charge in [0, 0.05) is 32.9 Å². The minimum Gasteiger partial charge on any atom is -0.488 e. The van der Waals surface area contributed by atoms with Gasteiger partial charge in [0.2, 0.25) is 0 Å². The highest BCUT2D eigenvalue weighted by Gasteiger charge is 2.08. The Kier molecular flexibility index (Phi) is 6.23. The van der Waals surface area contributed by atoms with Gasteiger partial charge < -0.3 is 10.1 Å². The molecule has 134 valence electrons. The normalized spacial score (nSPS) is 10.6. The summed E-state index contributed by atoms with van der Waals surface area (Å²) in [6.07, 6.45) is 0. The summed E-state index contributed by atoms with van der Waals surface area (Å²) < 4.78 is 7.08. The quantitative estimate of drug-likeness (QED) is 0.458. The van der Waals surface area contributed by atoms with Gasteiger partial charge in [0.25, 0.3) is 0 Å². The zero-order valence-corrected chi connectivity index (χ0v) is 17.2. The molecule has 0 saturated carbocycles. The van der Waals surface area contributed by atoms with Crippen LogP contribution in [0.1, 0.15) is 22.3 Å². The molecule has 4 heteroatoms. The van der Waals surface area contributed by atoms with Crippen LogP contribution in [0.25, 0.3) is 0 Å². The van der Waals surface area contributed by atoms with Gasteiger partial charge in [-0.15, -0.1) is 0 Å². The third-order valence-electron chi connectivity index (χ3n) is 4.23. The molecule has 0 radical (unpaired) electrons. The predicted molar refractivity (Wildman–Crippen MR) is 113 cm³/mol. The summed E-state index contributed by atoms with van der Waals surface area (Å²) in [5.41, 5.74) is 5.67. The maximum absolute atomic E-state index is 6.23. The van der Waals surface area contributed by atoms with Crippen molar-refractivity contribution in [1.82, 2.24) is 0 Å². The molecule has 0 aromatic heterocycles. The third kappa shape index (κ3) is 4.80. The maximum atomic E-state index is 6.23. The number of rotatable bonds is 6. The molecule has 0 aliphatic carbocycles. The largest absolute Gasteiger partial charge is 0.488 e. The van der Waals surface area contributed by atoms with E-state index in [1.165, 1.54) is 11.1 Å². The fraction of sp³-hybridized carbons (Fsp3) is 0.182. The monoisotopic (exact) mass is 429 g/mol. The third-order valence-corrected chi connectivity index (χ3v) is 5.09. The standard InChI is InChI=1S/C22H21BrClNO/c1-15-7-8-16(2)21(11-15)25-13-18-12-19(23)9-10-22(18)26-14-17-5-3-4-6-20(17)24/h3-12,25H,13-14H2,1-2H3. The molecule has 0 bridgehead atoms. The molecular formula is C22H21BrClNO. The second-order valence-electron chi connectivity index (χ2n) is 6.30. The summed E-state index contributed by atoms with van der Waals surface area (Å²) in [4.78, 5) is 0. The smallest absolute Gasteiger partial charge is 0.124 e. The van der Waals surface area contributed by atoms with E-state index < -0.39 is 0 Å². The maximum Gasteiger partial charge on any atom is 0.124 e. The number of aryl methyl sites for hydroxylation is 2. The van der Waals surface area contributed by atoms with E-state index in [0.717, 1.165) is 32.1 Å². The van der Waals surface area contributed by atoms with E-state index in [0.29, 0.717) is 13.2 Å². The van der Waals surface area contributed by atoms with Crippen LogP contribution in [-0.2, 0) is 13.2 Å². The van der Waals surface area contributed by atoms with Gasteiger partial charge in [-0.25, -0.2) is 0 Å². The molecule has 3 rings (SSSR count). The van der Waals surface area contributed by atoms with Gasteiger partial charge in [-0.2, -0.15) is 0 Å². The van der Waals surface area contributed by atoms with Crippen LogP contribution in [0, 0.1) is 13.8 Å². The van der Waals surface area contributed by atoms with Gasteiger partial charge in [0.1, 0.15) is 12.4 Å². The van der Waals surface area contributed by atoms with Crippen LogP contribution in [0.15, 0.2) is 65.1 Å². The van der Waals surface area contributed by atoms with Crippen LogP contribution in [0.5, 0.6) is 5.75 Å². The number of ether oxygens (including phenoxy) is 1. The van der Waals surface area contributed by atoms with Crippen molar-refractivity contribution in [2.75, 3.05) is 5.32 Å². The first-order valence-electron chi connectivity index (χ1n) is 8.48. The van der Waals surface area contributed by atoms with Crippen molar-refractivity contribution in [3.8, 4) is 5.75 Å². The van der Waals surface area contributed by atoms with Crippen molar-refractivity contribution in [2.24, 2.45) is 0 Å². The van der Waals surface area contributed by atoms with Gasteiger partial charge in [-0.3, -0.25) is 0 Å². The first-order valence-corrected chi connectivity index (χ1v) is 9.66. The van der Waals surface area contributed by atoms with E-state index in [1.807, 2.05) is 36.4 Å². The van der Waals surface area contributed by atoms with E-state index in [2.05, 4.69) is 59.4 Å². The first-order chi connectivity index (χ1) is 12.5. The van der Waals surface area contributed by atoms with E-state index >= 15 is 0 Å². The highest BCUT2D eigenvalue weighted by molar-refractivity contribution is 9.10. The summed E-state index contributed by atoms with van der Waals surface area (Å²) in [6.45, 7) is 5.33. The lowest BCUT2D eigenvalue weighted by atomic mass is 10.1. The lowest BCUT2D eigenvalue weighted by Crippen LogP contribution is -2.05. The first kappa shape index (κ1) is 18.8. The molecular weight excluding hydrogens is 410 g/mol. The Morgan fingerprint density at radius 1 is 0.962 bits per heavy atom. The molecule has 26 heavy (non-hydrogen) atoms. The Morgan fingerprint density at radius 3 is 2.58 bits per heavy atom. The van der Waals surface area contributed by atoms with Crippen LogP contribution in [0.4, 0.5) is 5.69 Å². The molecule has 0 spiro atoms. The molecule has 0 unspecified atom stereocenters. The summed E-state index contributed by atoms with van der Waals surface area (Å²) >= 11 is 9.78. The molecule has 0 aliphatic heterocycles. The number of halogens is 2. The predicted octanol–water partition coefficient (Wildman–Crippen LogP) is 6.91. The average Bonchev–Trinajstić information content (AvgIpc) is 2.63. The second kappa shape index (κ2) is 8.61. The van der Waals surface area contributed by atoms with Gasteiger partial charge in [0.05, 0.1) is 0 Å². The second-order valence-corrected chi connectivity index (χ2v) is 7.63. The zero-order valence-electron chi connectivity index (χ0n) is 14.9. The minimum absolute atomic E-state index is 0.442. The summed E-state index contributed by atoms with van der Waals surface area (Å²) in [6, 6.07) is 20.2. The van der Waals surface area contributed by atoms with Crippen molar-refractivity contribution in [1.29, 1.82) is 0 Å². The fourth-order valence-electron chi connectivity index (χ4n) is 2.71. The number of hydrogen-bond acceptors (Lipinski definition) is 2. The van der Waals surface area contributed by atoms with Gasteiger partial charge in [0.15, 0.2) is 0 Å². The SMILES string of the molecule is Cc1ccc(C)c(NCc2cc(Br)ccc2OCc2ccccc2Cl)c1. The Labute approximate surface area is 168 Å². The molecule has 0 saturated heterocycles. The van der Waals surface area contributed by atoms with Crippen molar-refractivity contribution in [3.05, 3.63) is 92.4 Å². The van der Waals surface area contributed by atoms with Crippen LogP contribution in [0.2, 0.25) is 5.02 Å². The molecule has 0 aliphatic rings. The highest BCUT2D eigenvalue weighted by atomic mass is 79.9. The van der Waals surface area contributed by atoms with Crippen LogP contribution in [0.3, 0.4) is 0 Å². The average molecular weight is 431 g/mol. The Morgan fingerprint density at radius 2 is 1.77 bits per heavy atom. The number of hydrogen-bond donors (Lipinski definition) is 1. The Hall–Kier alpha value is -1.97. The van der Waals surface area contributed by atoms with Crippen molar-refractivity contribution in [2.45, 2.75) is 27.0 Å². The molecule has 1 N–H and O–H groups in total. The fourth-order valence-corrected chi connectivity index (χ4v) is 3.31. The highest BCUT2D eigenvalue weighted by Crippen LogP contribution is 2.27. The Bertz CT molecular complexity index is 910. The number of benzene rings is 3. The lowest BCUT2D eigenvalue weighted by Gasteiger charge is -2.15. The number of nitrogens with one attached hydrogen (secondary N) is 1. The van der Waals surface area contributed by atoms with Gasteiger partial charge in [-0.05, 0) is 55.3 Å². The van der Waals surface area contributed by atoms with Crippen LogP contribution in [-0.4, -0.2) is 0 Å². The van der Waals surface area contributed by atoms with Crippen LogP contribution >= 0.6 is 27.5 Å². The van der Waals surface area contributed by atoms with Crippen molar-refractivity contribution in [3.63, 3.8) is 0 Å². The molecule has 3 aromatic carbocycles. The van der Waals surface area contributed by atoms with Gasteiger partial charge >= 0.3 is 0 Å². The summed E-state index contributed by atoms with van der Waals surface area (Å²) in [7, 11) is 0. The molecule has 0 fully saturated rings. The van der Waals surface area contributed by atoms with E-state index in [1.54, 1.807) is 0 Å². The molecule has 2 nitrogen and oxygen atoms in total. The molecule has 3 aromatic rings.